The third-order valence-corrected chi connectivity index (χ3v) is 4.32. The summed E-state index contributed by atoms with van der Waals surface area (Å²) in [5.74, 6) is -0.492. The molecule has 6 heteroatoms. The lowest BCUT2D eigenvalue weighted by atomic mass is 9.98. The van der Waals surface area contributed by atoms with Gasteiger partial charge in [0.15, 0.2) is 0 Å². The Morgan fingerprint density at radius 2 is 1.92 bits per heavy atom. The van der Waals surface area contributed by atoms with Crippen molar-refractivity contribution in [1.82, 2.24) is 4.98 Å². The standard InChI is InChI=1S/C18H10BrClFN3/c19-11-4-1-3-10(7-11)16-8-12(13(9-22)18(23)24-16)17-14(20)5-2-6-15(17)21/h1-8H,(H2,23,24). The number of rotatable bonds is 2. The lowest BCUT2D eigenvalue weighted by Gasteiger charge is -2.12. The largest absolute Gasteiger partial charge is 0.383 e. The maximum atomic E-state index is 14.3. The Bertz CT molecular complexity index is 962. The summed E-state index contributed by atoms with van der Waals surface area (Å²) in [6, 6.07) is 15.4. The minimum Gasteiger partial charge on any atom is -0.383 e. The van der Waals surface area contributed by atoms with Gasteiger partial charge in [0.05, 0.1) is 10.7 Å². The fourth-order valence-corrected chi connectivity index (χ4v) is 3.09. The van der Waals surface area contributed by atoms with E-state index in [0.29, 0.717) is 11.3 Å². The van der Waals surface area contributed by atoms with Gasteiger partial charge in [-0.15, -0.1) is 0 Å². The number of halogens is 3. The Hall–Kier alpha value is -2.42. The molecule has 2 aromatic carbocycles. The molecule has 0 atom stereocenters. The highest BCUT2D eigenvalue weighted by atomic mass is 79.9. The average Bonchev–Trinajstić information content (AvgIpc) is 2.54. The van der Waals surface area contributed by atoms with Crippen LogP contribution in [0.3, 0.4) is 0 Å². The van der Waals surface area contributed by atoms with Gasteiger partial charge >= 0.3 is 0 Å². The number of nitrogen functional groups attached to an aromatic ring is 1. The molecule has 0 radical (unpaired) electrons. The first-order valence-corrected chi connectivity index (χ1v) is 8.09. The molecule has 1 aromatic heterocycles. The zero-order chi connectivity index (χ0) is 17.3. The Morgan fingerprint density at radius 1 is 1.17 bits per heavy atom. The molecule has 24 heavy (non-hydrogen) atoms. The topological polar surface area (TPSA) is 62.7 Å². The monoisotopic (exact) mass is 401 g/mol. The van der Waals surface area contributed by atoms with Gasteiger partial charge in [0.2, 0.25) is 0 Å². The Morgan fingerprint density at radius 3 is 2.58 bits per heavy atom. The van der Waals surface area contributed by atoms with E-state index in [1.165, 1.54) is 12.1 Å². The van der Waals surface area contributed by atoms with Crippen LogP contribution in [0.1, 0.15) is 5.56 Å². The highest BCUT2D eigenvalue weighted by Gasteiger charge is 2.18. The molecule has 0 amide bonds. The van der Waals surface area contributed by atoms with E-state index in [4.69, 9.17) is 17.3 Å². The first-order chi connectivity index (χ1) is 11.5. The third-order valence-electron chi connectivity index (χ3n) is 3.51. The number of benzene rings is 2. The van der Waals surface area contributed by atoms with Crippen LogP contribution in [0, 0.1) is 17.1 Å². The van der Waals surface area contributed by atoms with Crippen LogP contribution in [0.15, 0.2) is 53.0 Å². The summed E-state index contributed by atoms with van der Waals surface area (Å²) in [5.41, 5.74) is 7.81. The Kier molecular flexibility index (Phi) is 4.52. The molecule has 3 nitrogen and oxygen atoms in total. The molecule has 1 heterocycles. The molecule has 2 N–H and O–H groups in total. The van der Waals surface area contributed by atoms with E-state index in [0.717, 1.165) is 10.0 Å². The van der Waals surface area contributed by atoms with Crippen LogP contribution in [-0.2, 0) is 0 Å². The fraction of sp³-hybridized carbons (Fsp3) is 0. The normalized spacial score (nSPS) is 10.4. The van der Waals surface area contributed by atoms with Crippen molar-refractivity contribution in [2.75, 3.05) is 5.73 Å². The molecule has 3 rings (SSSR count). The summed E-state index contributed by atoms with van der Waals surface area (Å²) >= 11 is 9.55. The predicted octanol–water partition coefficient (Wildman–Crippen LogP) is 5.42. The molecule has 118 valence electrons. The molecule has 0 spiro atoms. The lowest BCUT2D eigenvalue weighted by Crippen LogP contribution is -2.01. The van der Waals surface area contributed by atoms with E-state index >= 15 is 0 Å². The van der Waals surface area contributed by atoms with Crippen LogP contribution in [0.25, 0.3) is 22.4 Å². The molecule has 0 aliphatic carbocycles. The lowest BCUT2D eigenvalue weighted by molar-refractivity contribution is 0.631. The van der Waals surface area contributed by atoms with E-state index < -0.39 is 5.82 Å². The van der Waals surface area contributed by atoms with E-state index in [1.807, 2.05) is 30.3 Å². The quantitative estimate of drug-likeness (QED) is 0.622. The maximum Gasteiger partial charge on any atom is 0.142 e. The van der Waals surface area contributed by atoms with Crippen molar-refractivity contribution < 1.29 is 4.39 Å². The smallest absolute Gasteiger partial charge is 0.142 e. The molecule has 0 bridgehead atoms. The van der Waals surface area contributed by atoms with Gasteiger partial charge in [-0.1, -0.05) is 45.7 Å². The summed E-state index contributed by atoms with van der Waals surface area (Å²) in [7, 11) is 0. The van der Waals surface area contributed by atoms with Crippen LogP contribution < -0.4 is 5.73 Å². The summed E-state index contributed by atoms with van der Waals surface area (Å²) in [6.07, 6.45) is 0. The Labute approximate surface area is 151 Å². The van der Waals surface area contributed by atoms with Gasteiger partial charge in [-0.2, -0.15) is 5.26 Å². The zero-order valence-corrected chi connectivity index (χ0v) is 14.6. The maximum absolute atomic E-state index is 14.3. The summed E-state index contributed by atoms with van der Waals surface area (Å²) in [6.45, 7) is 0. The highest BCUT2D eigenvalue weighted by molar-refractivity contribution is 9.10. The number of nitrogens with zero attached hydrogens (tertiary/aromatic N) is 2. The van der Waals surface area contributed by atoms with Gasteiger partial charge in [-0.25, -0.2) is 9.37 Å². The average molecular weight is 403 g/mol. The number of nitrogens with two attached hydrogens (primary N) is 1. The molecule has 0 aliphatic rings. The summed E-state index contributed by atoms with van der Waals surface area (Å²) in [5, 5.41) is 9.61. The fourth-order valence-electron chi connectivity index (χ4n) is 2.43. The van der Waals surface area contributed by atoms with Crippen molar-refractivity contribution in [2.24, 2.45) is 0 Å². The first kappa shape index (κ1) is 16.4. The molecule has 0 unspecified atom stereocenters. The van der Waals surface area contributed by atoms with Crippen molar-refractivity contribution >= 4 is 33.3 Å². The number of hydrogen-bond donors (Lipinski definition) is 1. The second kappa shape index (κ2) is 6.60. The van der Waals surface area contributed by atoms with Gasteiger partial charge < -0.3 is 5.73 Å². The van der Waals surface area contributed by atoms with Crippen LogP contribution in [-0.4, -0.2) is 4.98 Å². The van der Waals surface area contributed by atoms with Crippen molar-refractivity contribution in [3.05, 3.63) is 69.4 Å². The third kappa shape index (κ3) is 2.99. The van der Waals surface area contributed by atoms with Gasteiger partial charge in [0.25, 0.3) is 0 Å². The van der Waals surface area contributed by atoms with Crippen LogP contribution in [0.4, 0.5) is 10.2 Å². The van der Waals surface area contributed by atoms with Gasteiger partial charge in [-0.3, -0.25) is 0 Å². The van der Waals surface area contributed by atoms with Crippen LogP contribution in [0.5, 0.6) is 0 Å². The molecule has 0 aliphatic heterocycles. The second-order valence-corrected chi connectivity index (χ2v) is 6.36. The number of pyridine rings is 1. The molecule has 0 saturated heterocycles. The van der Waals surface area contributed by atoms with Crippen LogP contribution >= 0.6 is 27.5 Å². The second-order valence-electron chi connectivity index (χ2n) is 5.03. The first-order valence-electron chi connectivity index (χ1n) is 6.92. The van der Waals surface area contributed by atoms with Gasteiger partial charge in [0, 0.05) is 21.2 Å². The minimum absolute atomic E-state index is 0.0318. The zero-order valence-electron chi connectivity index (χ0n) is 12.2. The van der Waals surface area contributed by atoms with E-state index in [9.17, 15) is 9.65 Å². The molecule has 3 aromatic rings. The van der Waals surface area contributed by atoms with Gasteiger partial charge in [-0.05, 0) is 30.3 Å². The summed E-state index contributed by atoms with van der Waals surface area (Å²) < 4.78 is 15.2. The van der Waals surface area contributed by atoms with E-state index in [-0.39, 0.29) is 22.0 Å². The van der Waals surface area contributed by atoms with Crippen molar-refractivity contribution in [3.63, 3.8) is 0 Å². The minimum atomic E-state index is -0.523. The molecule has 0 saturated carbocycles. The molecule has 0 fully saturated rings. The number of aromatic nitrogens is 1. The number of anilines is 1. The molecular formula is C18H10BrClFN3. The van der Waals surface area contributed by atoms with Crippen molar-refractivity contribution in [1.29, 1.82) is 5.26 Å². The number of hydrogen-bond acceptors (Lipinski definition) is 3. The molecular weight excluding hydrogens is 393 g/mol. The van der Waals surface area contributed by atoms with Crippen molar-refractivity contribution in [3.8, 4) is 28.5 Å². The SMILES string of the molecule is N#Cc1c(-c2c(F)cccc2Cl)cc(-c2cccc(Br)c2)nc1N. The Balaban J connectivity index is 2.32. The van der Waals surface area contributed by atoms with E-state index in [1.54, 1.807) is 12.1 Å². The van der Waals surface area contributed by atoms with Gasteiger partial charge in [0.1, 0.15) is 23.3 Å². The highest BCUT2D eigenvalue weighted by Crippen LogP contribution is 2.37. The number of nitriles is 1. The summed E-state index contributed by atoms with van der Waals surface area (Å²) in [4.78, 5) is 4.27. The van der Waals surface area contributed by atoms with Crippen molar-refractivity contribution in [2.45, 2.75) is 0 Å². The predicted molar refractivity (Wildman–Crippen MR) is 96.9 cm³/mol. The van der Waals surface area contributed by atoms with Crippen LogP contribution in [0.2, 0.25) is 5.02 Å². The van der Waals surface area contributed by atoms with E-state index in [2.05, 4.69) is 20.9 Å².